The molecule has 0 aliphatic rings. The van der Waals surface area contributed by atoms with Gasteiger partial charge < -0.3 is 10.6 Å². The molecule has 21 heavy (non-hydrogen) atoms. The molecule has 2 aromatic rings. The standard InChI is InChI=1S/C15H17N5O/c1-2-20-14(13(17)11-18-20)15(21)19(10-6-9-16)12-7-4-3-5-8-12/h3-5,7-8,11H,2,6,10,17H2,1H3. The predicted octanol–water partition coefficient (Wildman–Crippen LogP) is 2.05. The summed E-state index contributed by atoms with van der Waals surface area (Å²) in [5, 5.41) is 12.9. The molecule has 0 unspecified atom stereocenters. The summed E-state index contributed by atoms with van der Waals surface area (Å²) in [6, 6.07) is 11.3. The summed E-state index contributed by atoms with van der Waals surface area (Å²) in [6.45, 7) is 2.76. The van der Waals surface area contributed by atoms with Crippen LogP contribution in [0.15, 0.2) is 36.5 Å². The third-order valence-corrected chi connectivity index (χ3v) is 3.13. The SMILES string of the molecule is CCn1ncc(N)c1C(=O)N(CCC#N)c1ccccc1. The maximum Gasteiger partial charge on any atom is 0.278 e. The number of nitrogens with zero attached hydrogens (tertiary/aromatic N) is 4. The molecule has 1 heterocycles. The molecule has 0 radical (unpaired) electrons. The molecular weight excluding hydrogens is 266 g/mol. The smallest absolute Gasteiger partial charge is 0.278 e. The number of nitriles is 1. The Balaban J connectivity index is 2.39. The molecule has 0 saturated heterocycles. The Kier molecular flexibility index (Phi) is 4.57. The van der Waals surface area contributed by atoms with Crippen molar-refractivity contribution < 1.29 is 4.79 Å². The average Bonchev–Trinajstić information content (AvgIpc) is 2.89. The van der Waals surface area contributed by atoms with Gasteiger partial charge in [0.25, 0.3) is 5.91 Å². The van der Waals surface area contributed by atoms with E-state index in [1.54, 1.807) is 9.58 Å². The van der Waals surface area contributed by atoms with Gasteiger partial charge in [0.2, 0.25) is 0 Å². The Labute approximate surface area is 123 Å². The minimum Gasteiger partial charge on any atom is -0.396 e. The minimum absolute atomic E-state index is 0.242. The number of aromatic nitrogens is 2. The van der Waals surface area contributed by atoms with Crippen molar-refractivity contribution in [1.82, 2.24) is 9.78 Å². The second-order valence-corrected chi connectivity index (χ2v) is 4.46. The highest BCUT2D eigenvalue weighted by atomic mass is 16.2. The zero-order valence-electron chi connectivity index (χ0n) is 11.9. The van der Waals surface area contributed by atoms with E-state index in [1.807, 2.05) is 37.3 Å². The van der Waals surface area contributed by atoms with Crippen LogP contribution in [0.2, 0.25) is 0 Å². The van der Waals surface area contributed by atoms with Gasteiger partial charge in [-0.05, 0) is 19.1 Å². The molecule has 0 aliphatic heterocycles. The van der Waals surface area contributed by atoms with E-state index >= 15 is 0 Å². The number of aryl methyl sites for hydroxylation is 1. The second-order valence-electron chi connectivity index (χ2n) is 4.46. The first-order chi connectivity index (χ1) is 10.2. The van der Waals surface area contributed by atoms with Gasteiger partial charge in [0.1, 0.15) is 5.69 Å². The van der Waals surface area contributed by atoms with Gasteiger partial charge in [0.05, 0.1) is 24.4 Å². The maximum absolute atomic E-state index is 12.8. The molecule has 0 spiro atoms. The van der Waals surface area contributed by atoms with Crippen LogP contribution in [0.1, 0.15) is 23.8 Å². The van der Waals surface area contributed by atoms with Crippen molar-refractivity contribution in [3.63, 3.8) is 0 Å². The van der Waals surface area contributed by atoms with Gasteiger partial charge in [-0.1, -0.05) is 18.2 Å². The fourth-order valence-electron chi connectivity index (χ4n) is 2.12. The number of hydrogen-bond acceptors (Lipinski definition) is 4. The van der Waals surface area contributed by atoms with Crippen LogP contribution in [0.4, 0.5) is 11.4 Å². The summed E-state index contributed by atoms with van der Waals surface area (Å²) in [5.41, 5.74) is 7.31. The van der Waals surface area contributed by atoms with E-state index in [4.69, 9.17) is 11.0 Å². The molecule has 2 rings (SSSR count). The van der Waals surface area contributed by atoms with Crippen LogP contribution in [0.5, 0.6) is 0 Å². The number of nitrogen functional groups attached to an aromatic ring is 1. The summed E-state index contributed by atoms with van der Waals surface area (Å²) in [5.74, 6) is -0.242. The van der Waals surface area contributed by atoms with E-state index in [-0.39, 0.29) is 12.3 Å². The highest BCUT2D eigenvalue weighted by Crippen LogP contribution is 2.20. The fraction of sp³-hybridized carbons (Fsp3) is 0.267. The molecular formula is C15H17N5O. The zero-order valence-corrected chi connectivity index (χ0v) is 11.9. The lowest BCUT2D eigenvalue weighted by Crippen LogP contribution is -2.34. The van der Waals surface area contributed by atoms with Crippen molar-refractivity contribution >= 4 is 17.3 Å². The van der Waals surface area contributed by atoms with Crippen LogP contribution >= 0.6 is 0 Å². The van der Waals surface area contributed by atoms with Crippen molar-refractivity contribution in [2.75, 3.05) is 17.2 Å². The van der Waals surface area contributed by atoms with Crippen molar-refractivity contribution in [2.45, 2.75) is 19.9 Å². The summed E-state index contributed by atoms with van der Waals surface area (Å²) in [7, 11) is 0. The van der Waals surface area contributed by atoms with E-state index in [0.717, 1.165) is 5.69 Å². The molecule has 0 saturated carbocycles. The van der Waals surface area contributed by atoms with E-state index in [1.165, 1.54) is 6.20 Å². The number of benzene rings is 1. The molecule has 1 aromatic carbocycles. The zero-order chi connectivity index (χ0) is 15.2. The first-order valence-corrected chi connectivity index (χ1v) is 6.74. The highest BCUT2D eigenvalue weighted by molar-refractivity contribution is 6.08. The number of para-hydroxylation sites is 1. The molecule has 6 heteroatoms. The Morgan fingerprint density at radius 3 is 2.76 bits per heavy atom. The van der Waals surface area contributed by atoms with Crippen LogP contribution in [-0.4, -0.2) is 22.2 Å². The maximum atomic E-state index is 12.8. The molecule has 6 nitrogen and oxygen atoms in total. The first-order valence-electron chi connectivity index (χ1n) is 6.74. The van der Waals surface area contributed by atoms with Gasteiger partial charge in [-0.3, -0.25) is 9.48 Å². The number of hydrogen-bond donors (Lipinski definition) is 1. The van der Waals surface area contributed by atoms with E-state index < -0.39 is 0 Å². The Morgan fingerprint density at radius 1 is 1.43 bits per heavy atom. The molecule has 0 fully saturated rings. The van der Waals surface area contributed by atoms with Crippen LogP contribution in [0.3, 0.4) is 0 Å². The Hall–Kier alpha value is -2.81. The van der Waals surface area contributed by atoms with Crippen molar-refractivity contribution in [1.29, 1.82) is 5.26 Å². The lowest BCUT2D eigenvalue weighted by molar-refractivity contribution is 0.0978. The molecule has 0 atom stereocenters. The number of carbonyl (C=O) groups excluding carboxylic acids is 1. The van der Waals surface area contributed by atoms with Gasteiger partial charge in [0, 0.05) is 18.8 Å². The highest BCUT2D eigenvalue weighted by Gasteiger charge is 2.23. The van der Waals surface area contributed by atoms with Crippen LogP contribution in [0, 0.1) is 11.3 Å². The topological polar surface area (TPSA) is 87.9 Å². The largest absolute Gasteiger partial charge is 0.396 e. The normalized spacial score (nSPS) is 10.1. The third kappa shape index (κ3) is 3.03. The Bertz CT molecular complexity index is 656. The molecule has 2 N–H and O–H groups in total. The van der Waals surface area contributed by atoms with Gasteiger partial charge >= 0.3 is 0 Å². The molecule has 0 aliphatic carbocycles. The van der Waals surface area contributed by atoms with Crippen molar-refractivity contribution in [3.05, 3.63) is 42.2 Å². The number of carbonyl (C=O) groups is 1. The number of anilines is 2. The molecule has 0 bridgehead atoms. The summed E-state index contributed by atoms with van der Waals surface area (Å²) >= 11 is 0. The van der Waals surface area contributed by atoms with Crippen LogP contribution in [0.25, 0.3) is 0 Å². The Morgan fingerprint density at radius 2 is 2.14 bits per heavy atom. The quantitative estimate of drug-likeness (QED) is 0.909. The third-order valence-electron chi connectivity index (χ3n) is 3.13. The van der Waals surface area contributed by atoms with Crippen molar-refractivity contribution in [2.24, 2.45) is 0 Å². The van der Waals surface area contributed by atoms with E-state index in [0.29, 0.717) is 24.5 Å². The molecule has 1 amide bonds. The molecule has 1 aromatic heterocycles. The van der Waals surface area contributed by atoms with Gasteiger partial charge in [-0.2, -0.15) is 10.4 Å². The summed E-state index contributed by atoms with van der Waals surface area (Å²) < 4.78 is 1.57. The fourth-order valence-corrected chi connectivity index (χ4v) is 2.12. The van der Waals surface area contributed by atoms with E-state index in [2.05, 4.69) is 11.2 Å². The van der Waals surface area contributed by atoms with Crippen LogP contribution in [-0.2, 0) is 6.54 Å². The lowest BCUT2D eigenvalue weighted by atomic mass is 10.2. The predicted molar refractivity (Wildman–Crippen MR) is 80.7 cm³/mol. The monoisotopic (exact) mass is 283 g/mol. The van der Waals surface area contributed by atoms with Gasteiger partial charge in [0.15, 0.2) is 0 Å². The second kappa shape index (κ2) is 6.57. The molecule has 108 valence electrons. The minimum atomic E-state index is -0.242. The first kappa shape index (κ1) is 14.6. The van der Waals surface area contributed by atoms with Crippen LogP contribution < -0.4 is 10.6 Å². The number of amides is 1. The summed E-state index contributed by atoms with van der Waals surface area (Å²) in [6.07, 6.45) is 1.73. The van der Waals surface area contributed by atoms with Gasteiger partial charge in [-0.15, -0.1) is 0 Å². The van der Waals surface area contributed by atoms with Crippen molar-refractivity contribution in [3.8, 4) is 6.07 Å². The lowest BCUT2D eigenvalue weighted by Gasteiger charge is -2.22. The average molecular weight is 283 g/mol. The number of rotatable bonds is 5. The van der Waals surface area contributed by atoms with Gasteiger partial charge in [-0.25, -0.2) is 0 Å². The van der Waals surface area contributed by atoms with E-state index in [9.17, 15) is 4.79 Å². The summed E-state index contributed by atoms with van der Waals surface area (Å²) in [4.78, 5) is 14.3. The number of nitrogens with two attached hydrogens (primary N) is 1.